The summed E-state index contributed by atoms with van der Waals surface area (Å²) in [7, 11) is 0. The number of amides is 1. The first-order chi connectivity index (χ1) is 11.0. The van der Waals surface area contributed by atoms with E-state index in [0.29, 0.717) is 18.5 Å². The number of morpholine rings is 1. The maximum Gasteiger partial charge on any atom is 0.222 e. The van der Waals surface area contributed by atoms with Crippen molar-refractivity contribution in [2.45, 2.75) is 70.4 Å². The van der Waals surface area contributed by atoms with Gasteiger partial charge in [-0.25, -0.2) is 0 Å². The number of carbonyl (C=O) groups excluding carboxylic acids is 1. The van der Waals surface area contributed by atoms with Gasteiger partial charge in [0.15, 0.2) is 0 Å². The second kappa shape index (κ2) is 9.00. The normalized spacial score (nSPS) is 23.7. The highest BCUT2D eigenvalue weighted by molar-refractivity contribution is 5.77. The molecule has 2 N–H and O–H groups in total. The zero-order valence-electron chi connectivity index (χ0n) is 14.9. The van der Waals surface area contributed by atoms with E-state index in [9.17, 15) is 9.90 Å². The van der Waals surface area contributed by atoms with Gasteiger partial charge in [-0.05, 0) is 25.2 Å². The van der Waals surface area contributed by atoms with Crippen molar-refractivity contribution in [2.24, 2.45) is 5.92 Å². The van der Waals surface area contributed by atoms with E-state index in [-0.39, 0.29) is 12.3 Å². The molecule has 5 heteroatoms. The van der Waals surface area contributed by atoms with Crippen molar-refractivity contribution in [3.05, 3.63) is 0 Å². The Kier molecular flexibility index (Phi) is 7.31. The fraction of sp³-hybridized carbons (Fsp3) is 0.944. The molecule has 1 heterocycles. The smallest absolute Gasteiger partial charge is 0.222 e. The summed E-state index contributed by atoms with van der Waals surface area (Å²) >= 11 is 0. The number of nitrogens with zero attached hydrogens (tertiary/aromatic N) is 1. The molecule has 134 valence electrons. The Morgan fingerprint density at radius 3 is 2.48 bits per heavy atom. The number of ether oxygens (including phenoxy) is 1. The Morgan fingerprint density at radius 2 is 1.87 bits per heavy atom. The van der Waals surface area contributed by atoms with Crippen molar-refractivity contribution in [2.75, 3.05) is 32.8 Å². The maximum absolute atomic E-state index is 12.3. The second-order valence-corrected chi connectivity index (χ2v) is 7.70. The van der Waals surface area contributed by atoms with E-state index in [4.69, 9.17) is 4.74 Å². The van der Waals surface area contributed by atoms with E-state index in [2.05, 4.69) is 24.1 Å². The minimum Gasteiger partial charge on any atom is -0.389 e. The number of rotatable bonds is 7. The van der Waals surface area contributed by atoms with Crippen LogP contribution >= 0.6 is 0 Å². The summed E-state index contributed by atoms with van der Waals surface area (Å²) in [5.74, 6) is 0.596. The first kappa shape index (κ1) is 18.7. The third-order valence-electron chi connectivity index (χ3n) is 5.11. The first-order valence-corrected chi connectivity index (χ1v) is 9.29. The lowest BCUT2D eigenvalue weighted by atomic mass is 9.82. The van der Waals surface area contributed by atoms with E-state index in [1.807, 2.05) is 0 Å². The summed E-state index contributed by atoms with van der Waals surface area (Å²) in [4.78, 5) is 14.7. The molecule has 5 nitrogen and oxygen atoms in total. The van der Waals surface area contributed by atoms with Crippen LogP contribution in [0, 0.1) is 5.92 Å². The summed E-state index contributed by atoms with van der Waals surface area (Å²) < 4.78 is 5.43. The van der Waals surface area contributed by atoms with Crippen LogP contribution in [0.3, 0.4) is 0 Å². The molecule has 1 aliphatic heterocycles. The van der Waals surface area contributed by atoms with Crippen LogP contribution in [-0.4, -0.2) is 60.4 Å². The minimum atomic E-state index is -0.769. The SMILES string of the molecule is CC(C)CC(CNC(=O)CC1(O)CCCCC1)N1CCOCC1. The molecule has 2 aliphatic rings. The molecule has 1 atom stereocenters. The molecule has 1 saturated heterocycles. The second-order valence-electron chi connectivity index (χ2n) is 7.70. The van der Waals surface area contributed by atoms with Gasteiger partial charge in [0.1, 0.15) is 0 Å². The molecule has 0 aromatic rings. The zero-order valence-corrected chi connectivity index (χ0v) is 14.9. The van der Waals surface area contributed by atoms with Crippen molar-refractivity contribution in [1.29, 1.82) is 0 Å². The molecular weight excluding hydrogens is 292 g/mol. The van der Waals surface area contributed by atoms with Gasteiger partial charge in [0.25, 0.3) is 0 Å². The molecule has 1 amide bonds. The molecule has 1 unspecified atom stereocenters. The van der Waals surface area contributed by atoms with E-state index in [0.717, 1.165) is 58.4 Å². The summed E-state index contributed by atoms with van der Waals surface area (Å²) in [6, 6.07) is 0.365. The number of aliphatic hydroxyl groups is 1. The van der Waals surface area contributed by atoms with E-state index >= 15 is 0 Å². The topological polar surface area (TPSA) is 61.8 Å². The molecule has 0 bridgehead atoms. The summed E-state index contributed by atoms with van der Waals surface area (Å²) in [5.41, 5.74) is -0.769. The van der Waals surface area contributed by atoms with Crippen LogP contribution in [0.25, 0.3) is 0 Å². The lowest BCUT2D eigenvalue weighted by molar-refractivity contribution is -0.127. The lowest BCUT2D eigenvalue weighted by Crippen LogP contribution is -2.50. The van der Waals surface area contributed by atoms with Gasteiger partial charge in [0.2, 0.25) is 5.91 Å². The third kappa shape index (κ3) is 6.40. The maximum atomic E-state index is 12.3. The quantitative estimate of drug-likeness (QED) is 0.750. The van der Waals surface area contributed by atoms with Crippen molar-refractivity contribution in [3.63, 3.8) is 0 Å². The lowest BCUT2D eigenvalue weighted by Gasteiger charge is -2.36. The highest BCUT2D eigenvalue weighted by Crippen LogP contribution is 2.30. The Morgan fingerprint density at radius 1 is 1.22 bits per heavy atom. The monoisotopic (exact) mass is 326 g/mol. The van der Waals surface area contributed by atoms with Crippen LogP contribution < -0.4 is 5.32 Å². The van der Waals surface area contributed by atoms with Gasteiger partial charge in [0, 0.05) is 25.7 Å². The van der Waals surface area contributed by atoms with Gasteiger partial charge in [-0.2, -0.15) is 0 Å². The first-order valence-electron chi connectivity index (χ1n) is 9.29. The number of hydrogen-bond acceptors (Lipinski definition) is 4. The van der Waals surface area contributed by atoms with Crippen LogP contribution in [0.2, 0.25) is 0 Å². The van der Waals surface area contributed by atoms with Crippen molar-refractivity contribution >= 4 is 5.91 Å². The highest BCUT2D eigenvalue weighted by Gasteiger charge is 2.32. The average molecular weight is 326 g/mol. The molecule has 0 aromatic heterocycles. The van der Waals surface area contributed by atoms with E-state index in [1.54, 1.807) is 0 Å². The molecule has 1 saturated carbocycles. The fourth-order valence-corrected chi connectivity index (χ4v) is 3.83. The third-order valence-corrected chi connectivity index (χ3v) is 5.11. The molecule has 0 radical (unpaired) electrons. The molecule has 2 fully saturated rings. The van der Waals surface area contributed by atoms with Gasteiger partial charge in [0.05, 0.1) is 25.2 Å². The fourth-order valence-electron chi connectivity index (χ4n) is 3.83. The summed E-state index contributed by atoms with van der Waals surface area (Å²) in [6.45, 7) is 8.56. The Bertz CT molecular complexity index is 361. The van der Waals surface area contributed by atoms with Crippen LogP contribution in [0.1, 0.15) is 58.8 Å². The standard InChI is InChI=1S/C18H34N2O3/c1-15(2)12-16(20-8-10-23-11-9-20)14-19-17(21)13-18(22)6-4-3-5-7-18/h15-16,22H,3-14H2,1-2H3,(H,19,21). The van der Waals surface area contributed by atoms with Crippen LogP contribution in [0.15, 0.2) is 0 Å². The Labute approximate surface area is 140 Å². The van der Waals surface area contributed by atoms with Crippen LogP contribution in [0.4, 0.5) is 0 Å². The molecular formula is C18H34N2O3. The van der Waals surface area contributed by atoms with Crippen LogP contribution in [-0.2, 0) is 9.53 Å². The van der Waals surface area contributed by atoms with Crippen molar-refractivity contribution < 1.29 is 14.6 Å². The molecule has 0 aromatic carbocycles. The van der Waals surface area contributed by atoms with Gasteiger partial charge in [-0.3, -0.25) is 9.69 Å². The predicted octanol–water partition coefficient (Wildman–Crippen LogP) is 1.93. The molecule has 0 spiro atoms. The Balaban J connectivity index is 1.80. The summed E-state index contributed by atoms with van der Waals surface area (Å²) in [5, 5.41) is 13.6. The summed E-state index contributed by atoms with van der Waals surface area (Å²) in [6.07, 6.45) is 6.10. The minimum absolute atomic E-state index is 0.00332. The van der Waals surface area contributed by atoms with Gasteiger partial charge in [-0.15, -0.1) is 0 Å². The largest absolute Gasteiger partial charge is 0.389 e. The van der Waals surface area contributed by atoms with Gasteiger partial charge < -0.3 is 15.2 Å². The van der Waals surface area contributed by atoms with Crippen LogP contribution in [0.5, 0.6) is 0 Å². The van der Waals surface area contributed by atoms with Gasteiger partial charge >= 0.3 is 0 Å². The Hall–Kier alpha value is -0.650. The number of nitrogens with one attached hydrogen (secondary N) is 1. The highest BCUT2D eigenvalue weighted by atomic mass is 16.5. The number of hydrogen-bond donors (Lipinski definition) is 2. The molecule has 1 aliphatic carbocycles. The van der Waals surface area contributed by atoms with Crippen molar-refractivity contribution in [3.8, 4) is 0 Å². The average Bonchev–Trinajstić information content (AvgIpc) is 2.52. The number of carbonyl (C=O) groups is 1. The molecule has 23 heavy (non-hydrogen) atoms. The van der Waals surface area contributed by atoms with E-state index in [1.165, 1.54) is 6.42 Å². The van der Waals surface area contributed by atoms with Crippen molar-refractivity contribution in [1.82, 2.24) is 10.2 Å². The zero-order chi connectivity index (χ0) is 16.7. The van der Waals surface area contributed by atoms with E-state index < -0.39 is 5.60 Å². The predicted molar refractivity (Wildman–Crippen MR) is 91.3 cm³/mol. The van der Waals surface area contributed by atoms with Gasteiger partial charge in [-0.1, -0.05) is 33.1 Å². The molecule has 2 rings (SSSR count).